The lowest BCUT2D eigenvalue weighted by atomic mass is 9.98. The van der Waals surface area contributed by atoms with Gasteiger partial charge in [0.1, 0.15) is 22.1 Å². The number of esters is 1. The minimum Gasteiger partial charge on any atom is -0.506 e. The van der Waals surface area contributed by atoms with E-state index in [0.717, 1.165) is 0 Å². The summed E-state index contributed by atoms with van der Waals surface area (Å²) in [6.45, 7) is 14.0. The number of hydrogen-bond donors (Lipinski definition) is 2. The van der Waals surface area contributed by atoms with E-state index < -0.39 is 23.8 Å². The van der Waals surface area contributed by atoms with Crippen LogP contribution in [-0.2, 0) is 14.3 Å². The number of carbonyl (C=O) groups is 2. The molecule has 2 N–H and O–H groups in total. The summed E-state index contributed by atoms with van der Waals surface area (Å²) in [4.78, 5) is 27.9. The molecule has 0 bridgehead atoms. The van der Waals surface area contributed by atoms with Crippen LogP contribution in [0.25, 0.3) is 5.76 Å². The van der Waals surface area contributed by atoms with Crippen LogP contribution in [0.3, 0.4) is 0 Å². The van der Waals surface area contributed by atoms with Crippen molar-refractivity contribution in [3.05, 3.63) is 22.7 Å². The molecule has 1 heterocycles. The van der Waals surface area contributed by atoms with Gasteiger partial charge in [-0.25, -0.2) is 9.78 Å². The molecule has 1 aromatic rings. The Balaban J connectivity index is 2.95. The fraction of sp³-hybridized carbons (Fsp3) is 0.611. The number of nitrogens with one attached hydrogen (secondary N) is 1. The molecule has 8 heteroatoms. The monoisotopic (exact) mass is 384 g/mol. The molecule has 0 radical (unpaired) electrons. The van der Waals surface area contributed by atoms with E-state index in [1.54, 1.807) is 26.2 Å². The van der Waals surface area contributed by atoms with Gasteiger partial charge in [-0.3, -0.25) is 4.79 Å². The maximum absolute atomic E-state index is 12.1. The summed E-state index contributed by atoms with van der Waals surface area (Å²) in [7, 11) is 0. The molecule has 7 nitrogen and oxygen atoms in total. The van der Waals surface area contributed by atoms with Crippen LogP contribution in [0.5, 0.6) is 0 Å². The Labute approximate surface area is 158 Å². The van der Waals surface area contributed by atoms with Crippen molar-refractivity contribution in [2.24, 2.45) is 5.92 Å². The van der Waals surface area contributed by atoms with Crippen molar-refractivity contribution in [3.63, 3.8) is 0 Å². The molecular weight excluding hydrogens is 356 g/mol. The second-order valence-corrected chi connectivity index (χ2v) is 8.24. The first-order valence-corrected chi connectivity index (χ1v) is 9.27. The number of alkyl carbamates (subject to hydrolysis) is 1. The molecule has 0 aromatic carbocycles. The quantitative estimate of drug-likeness (QED) is 0.540. The van der Waals surface area contributed by atoms with E-state index >= 15 is 0 Å². The maximum Gasteiger partial charge on any atom is 0.407 e. The predicted octanol–water partition coefficient (Wildman–Crippen LogP) is 4.22. The molecule has 2 atom stereocenters. The van der Waals surface area contributed by atoms with Crippen molar-refractivity contribution in [3.8, 4) is 0 Å². The van der Waals surface area contributed by atoms with Crippen molar-refractivity contribution < 1.29 is 24.2 Å². The Hall–Kier alpha value is -2.09. The number of ether oxygens (including phenoxy) is 2. The number of thiazole rings is 1. The molecule has 0 aliphatic carbocycles. The summed E-state index contributed by atoms with van der Waals surface area (Å²) in [6, 6.07) is -0.293. The third-order valence-corrected chi connectivity index (χ3v) is 4.31. The molecular formula is C18H28N2O5S. The van der Waals surface area contributed by atoms with E-state index in [1.165, 1.54) is 18.3 Å². The van der Waals surface area contributed by atoms with Gasteiger partial charge in [-0.2, -0.15) is 0 Å². The van der Waals surface area contributed by atoms with Gasteiger partial charge in [0.15, 0.2) is 6.10 Å². The van der Waals surface area contributed by atoms with Crippen LogP contribution in [0.15, 0.2) is 12.0 Å². The topological polar surface area (TPSA) is 97.8 Å². The highest BCUT2D eigenvalue weighted by Crippen LogP contribution is 2.29. The van der Waals surface area contributed by atoms with Crippen LogP contribution in [0.2, 0.25) is 0 Å². The summed E-state index contributed by atoms with van der Waals surface area (Å²) >= 11 is 1.26. The summed E-state index contributed by atoms with van der Waals surface area (Å²) in [5.41, 5.74) is -0.268. The number of aliphatic hydroxyl groups is 1. The average molecular weight is 384 g/mol. The van der Waals surface area contributed by atoms with Crippen LogP contribution in [0.1, 0.15) is 64.8 Å². The molecule has 0 aliphatic rings. The first-order valence-electron chi connectivity index (χ1n) is 8.39. The van der Waals surface area contributed by atoms with Gasteiger partial charge in [0.05, 0.1) is 0 Å². The van der Waals surface area contributed by atoms with E-state index in [1.807, 2.05) is 13.8 Å². The zero-order valence-electron chi connectivity index (χ0n) is 16.2. The number of aliphatic hydroxyl groups excluding tert-OH is 1. The van der Waals surface area contributed by atoms with Gasteiger partial charge >= 0.3 is 12.1 Å². The van der Waals surface area contributed by atoms with Crippen LogP contribution in [0, 0.1) is 5.92 Å². The van der Waals surface area contributed by atoms with Crippen LogP contribution >= 0.6 is 11.3 Å². The van der Waals surface area contributed by atoms with Crippen molar-refractivity contribution in [2.75, 3.05) is 0 Å². The molecule has 0 saturated heterocycles. The molecule has 0 spiro atoms. The lowest BCUT2D eigenvalue weighted by Gasteiger charge is -2.28. The number of hydrogen-bond acceptors (Lipinski definition) is 7. The van der Waals surface area contributed by atoms with Gasteiger partial charge in [0.2, 0.25) is 0 Å². The average Bonchev–Trinajstić information content (AvgIpc) is 2.92. The number of nitrogens with zero attached hydrogens (tertiary/aromatic N) is 1. The molecule has 0 aliphatic heterocycles. The van der Waals surface area contributed by atoms with Crippen LogP contribution in [-0.4, -0.2) is 33.8 Å². The Morgan fingerprint density at radius 1 is 1.38 bits per heavy atom. The van der Waals surface area contributed by atoms with Crippen LogP contribution in [0.4, 0.5) is 4.79 Å². The zero-order chi connectivity index (χ0) is 20.1. The minimum atomic E-state index is -0.645. The second kappa shape index (κ2) is 9.02. The van der Waals surface area contributed by atoms with Gasteiger partial charge in [-0.05, 0) is 26.7 Å². The highest BCUT2D eigenvalue weighted by Gasteiger charge is 2.28. The van der Waals surface area contributed by atoms with E-state index in [9.17, 15) is 14.7 Å². The summed E-state index contributed by atoms with van der Waals surface area (Å²) in [5, 5.41) is 14.5. The summed E-state index contributed by atoms with van der Waals surface area (Å²) in [5.74, 6) is -0.525. The van der Waals surface area contributed by atoms with Crippen molar-refractivity contribution in [1.82, 2.24) is 10.3 Å². The van der Waals surface area contributed by atoms with Gasteiger partial charge < -0.3 is 19.9 Å². The van der Waals surface area contributed by atoms with E-state index in [0.29, 0.717) is 17.1 Å². The molecule has 0 saturated carbocycles. The van der Waals surface area contributed by atoms with Gasteiger partial charge in [-0.15, -0.1) is 11.3 Å². The lowest BCUT2D eigenvalue weighted by molar-refractivity contribution is -0.147. The Kier molecular flexibility index (Phi) is 7.62. The smallest absolute Gasteiger partial charge is 0.407 e. The zero-order valence-corrected chi connectivity index (χ0v) is 17.0. The Morgan fingerprint density at radius 2 is 2.00 bits per heavy atom. The highest BCUT2D eigenvalue weighted by molar-refractivity contribution is 7.09. The molecule has 26 heavy (non-hydrogen) atoms. The fourth-order valence-corrected chi connectivity index (χ4v) is 3.02. The third kappa shape index (κ3) is 7.43. The van der Waals surface area contributed by atoms with Crippen molar-refractivity contribution in [1.29, 1.82) is 0 Å². The van der Waals surface area contributed by atoms with Crippen molar-refractivity contribution >= 4 is 29.2 Å². The minimum absolute atomic E-state index is 0.0767. The second-order valence-electron chi connectivity index (χ2n) is 7.35. The Morgan fingerprint density at radius 3 is 2.42 bits per heavy atom. The molecule has 0 fully saturated rings. The number of aromatic nitrogens is 1. The van der Waals surface area contributed by atoms with Gasteiger partial charge in [0, 0.05) is 24.8 Å². The Bertz CT molecular complexity index is 648. The first kappa shape index (κ1) is 22.0. The molecule has 2 unspecified atom stereocenters. The van der Waals surface area contributed by atoms with E-state index in [4.69, 9.17) is 9.47 Å². The maximum atomic E-state index is 12.1. The molecule has 1 amide bonds. The number of carbonyl (C=O) groups excluding carboxylic acids is 2. The fourth-order valence-electron chi connectivity index (χ4n) is 2.16. The summed E-state index contributed by atoms with van der Waals surface area (Å²) in [6.07, 6.45) is -0.837. The normalized spacial score (nSPS) is 13.8. The van der Waals surface area contributed by atoms with E-state index in [2.05, 4.69) is 16.9 Å². The SMILES string of the molecule is C=C(O)c1csc(C(CC(NC(=O)OC(C)(C)C)C(C)C)OC(C)=O)n1. The molecule has 1 aromatic heterocycles. The highest BCUT2D eigenvalue weighted by atomic mass is 32.1. The third-order valence-electron chi connectivity index (χ3n) is 3.38. The van der Waals surface area contributed by atoms with Gasteiger partial charge in [0.25, 0.3) is 0 Å². The van der Waals surface area contributed by atoms with E-state index in [-0.39, 0.29) is 17.7 Å². The lowest BCUT2D eigenvalue weighted by Crippen LogP contribution is -2.42. The predicted molar refractivity (Wildman–Crippen MR) is 101 cm³/mol. The standard InChI is InChI=1S/C18H28N2O5S/c1-10(2)13(20-17(23)25-18(5,6)7)8-15(24-12(4)22)16-19-14(9-26-16)11(3)21/h9-10,13,15,21H,3,8H2,1-2,4-7H3,(H,20,23). The largest absolute Gasteiger partial charge is 0.506 e. The number of amides is 1. The molecule has 1 rings (SSSR count). The van der Waals surface area contributed by atoms with Gasteiger partial charge in [-0.1, -0.05) is 20.4 Å². The first-order chi connectivity index (χ1) is 11.9. The van der Waals surface area contributed by atoms with Crippen LogP contribution < -0.4 is 5.32 Å². The van der Waals surface area contributed by atoms with Crippen molar-refractivity contribution in [2.45, 2.75) is 65.7 Å². The summed E-state index contributed by atoms with van der Waals surface area (Å²) < 4.78 is 10.7. The number of rotatable bonds is 7. The molecule has 146 valence electrons.